The Kier molecular flexibility index (Phi) is 4.73. The van der Waals surface area contributed by atoms with Crippen LogP contribution in [0.1, 0.15) is 0 Å². The van der Waals surface area contributed by atoms with Crippen LogP contribution in [0.4, 0.5) is 11.5 Å². The Morgan fingerprint density at radius 2 is 1.87 bits per heavy atom. The number of benzene rings is 1. The monoisotopic (exact) mass is 422 g/mol. The first-order valence-corrected chi connectivity index (χ1v) is 9.73. The van der Waals surface area contributed by atoms with Crippen LogP contribution in [0, 0.1) is 5.92 Å². The first kappa shape index (κ1) is 19.0. The van der Waals surface area contributed by atoms with E-state index in [2.05, 4.69) is 20.0 Å². The molecule has 10 nitrogen and oxygen atoms in total. The summed E-state index contributed by atoms with van der Waals surface area (Å²) in [6, 6.07) is 5.67. The Labute approximate surface area is 179 Å². The van der Waals surface area contributed by atoms with Crippen molar-refractivity contribution in [2.45, 2.75) is 0 Å². The highest BCUT2D eigenvalue weighted by atomic mass is 16.5. The lowest BCUT2D eigenvalue weighted by Gasteiger charge is -2.28. The number of amidine groups is 1. The smallest absolute Gasteiger partial charge is 0.203 e. The molecule has 2 aliphatic heterocycles. The standard InChI is InChI=1S/C21H22N6O4/c1-28-17-6-16(7-18(29-2)20(17)30-3)25-10-19(24-13-25)27-21-14(8-22-12-23-21)9-26(27)15-4-5-31-11-15/h4-7,10-14H,8-9H2,1-3H3. The lowest BCUT2D eigenvalue weighted by atomic mass is 10.1. The molecule has 2 aromatic heterocycles. The second kappa shape index (κ2) is 7.71. The Bertz CT molecular complexity index is 1110. The van der Waals surface area contributed by atoms with Gasteiger partial charge in [0.1, 0.15) is 24.8 Å². The van der Waals surface area contributed by atoms with E-state index in [0.717, 1.165) is 29.6 Å². The third-order valence-electron chi connectivity index (χ3n) is 5.35. The minimum absolute atomic E-state index is 0.186. The van der Waals surface area contributed by atoms with Gasteiger partial charge in [0.2, 0.25) is 5.75 Å². The molecule has 1 fully saturated rings. The molecule has 1 aromatic carbocycles. The van der Waals surface area contributed by atoms with Crippen molar-refractivity contribution in [1.82, 2.24) is 9.55 Å². The lowest BCUT2D eigenvalue weighted by molar-refractivity contribution is 0.324. The summed E-state index contributed by atoms with van der Waals surface area (Å²) in [7, 11) is 4.77. The highest BCUT2D eigenvalue weighted by Gasteiger charge is 2.39. The van der Waals surface area contributed by atoms with Gasteiger partial charge in [-0.3, -0.25) is 10.0 Å². The summed E-state index contributed by atoms with van der Waals surface area (Å²) in [5, 5.41) is 4.11. The van der Waals surface area contributed by atoms with Gasteiger partial charge in [0.25, 0.3) is 0 Å². The molecule has 10 heteroatoms. The van der Waals surface area contributed by atoms with E-state index >= 15 is 0 Å². The molecule has 31 heavy (non-hydrogen) atoms. The zero-order chi connectivity index (χ0) is 21.4. The number of hydrazine groups is 1. The van der Waals surface area contributed by atoms with Gasteiger partial charge < -0.3 is 23.2 Å². The van der Waals surface area contributed by atoms with E-state index in [-0.39, 0.29) is 5.92 Å². The number of fused-ring (bicyclic) bond motifs is 1. The maximum Gasteiger partial charge on any atom is 0.203 e. The van der Waals surface area contributed by atoms with Gasteiger partial charge in [-0.15, -0.1) is 0 Å². The van der Waals surface area contributed by atoms with Crippen molar-refractivity contribution in [2.75, 3.05) is 44.4 Å². The van der Waals surface area contributed by atoms with Crippen molar-refractivity contribution >= 4 is 23.7 Å². The fourth-order valence-electron chi connectivity index (χ4n) is 3.89. The van der Waals surface area contributed by atoms with Gasteiger partial charge in [-0.25, -0.2) is 15.0 Å². The maximum atomic E-state index is 5.48. The molecule has 0 N–H and O–H groups in total. The summed E-state index contributed by atoms with van der Waals surface area (Å²) >= 11 is 0. The topological polar surface area (TPSA) is 89.9 Å². The third-order valence-corrected chi connectivity index (χ3v) is 5.35. The van der Waals surface area contributed by atoms with E-state index in [0.29, 0.717) is 23.8 Å². The summed E-state index contributed by atoms with van der Waals surface area (Å²) in [4.78, 5) is 13.5. The molecule has 160 valence electrons. The summed E-state index contributed by atoms with van der Waals surface area (Å²) in [5.74, 6) is 3.50. The number of hydrogen-bond acceptors (Lipinski definition) is 9. The predicted octanol–water partition coefficient (Wildman–Crippen LogP) is 2.79. The van der Waals surface area contributed by atoms with Crippen molar-refractivity contribution < 1.29 is 18.6 Å². The zero-order valence-corrected chi connectivity index (χ0v) is 17.4. The molecular formula is C21H22N6O4. The number of hydrogen-bond donors (Lipinski definition) is 0. The van der Waals surface area contributed by atoms with E-state index in [1.807, 2.05) is 34.0 Å². The van der Waals surface area contributed by atoms with Crippen LogP contribution < -0.4 is 24.2 Å². The Morgan fingerprint density at radius 3 is 2.55 bits per heavy atom. The normalized spacial score (nSPS) is 17.5. The number of rotatable bonds is 6. The van der Waals surface area contributed by atoms with Crippen molar-refractivity contribution in [3.8, 4) is 22.9 Å². The van der Waals surface area contributed by atoms with Crippen LogP contribution in [0.2, 0.25) is 0 Å². The second-order valence-corrected chi connectivity index (χ2v) is 7.06. The first-order valence-electron chi connectivity index (χ1n) is 9.73. The molecule has 1 saturated heterocycles. The van der Waals surface area contributed by atoms with Gasteiger partial charge in [-0.1, -0.05) is 0 Å². The molecule has 0 aliphatic carbocycles. The number of methoxy groups -OCH3 is 3. The maximum absolute atomic E-state index is 5.48. The molecule has 0 bridgehead atoms. The molecule has 0 saturated carbocycles. The molecule has 1 unspecified atom stereocenters. The van der Waals surface area contributed by atoms with Crippen LogP contribution in [0.5, 0.6) is 17.2 Å². The quantitative estimate of drug-likeness (QED) is 0.603. The van der Waals surface area contributed by atoms with E-state index in [4.69, 9.17) is 18.6 Å². The Balaban J connectivity index is 1.55. The van der Waals surface area contributed by atoms with Gasteiger partial charge in [0.15, 0.2) is 17.3 Å². The van der Waals surface area contributed by atoms with E-state index in [9.17, 15) is 0 Å². The van der Waals surface area contributed by atoms with Crippen LogP contribution in [0.15, 0.2) is 57.7 Å². The number of anilines is 2. The van der Waals surface area contributed by atoms with Crippen LogP contribution in [0.3, 0.4) is 0 Å². The highest BCUT2D eigenvalue weighted by Crippen LogP contribution is 2.40. The lowest BCUT2D eigenvalue weighted by Crippen LogP contribution is -2.40. The molecule has 0 spiro atoms. The molecule has 0 radical (unpaired) electrons. The van der Waals surface area contributed by atoms with Crippen molar-refractivity contribution in [2.24, 2.45) is 15.9 Å². The summed E-state index contributed by atoms with van der Waals surface area (Å²) in [6.45, 7) is 1.43. The predicted molar refractivity (Wildman–Crippen MR) is 116 cm³/mol. The molecule has 5 rings (SSSR count). The zero-order valence-electron chi connectivity index (χ0n) is 17.4. The summed E-state index contributed by atoms with van der Waals surface area (Å²) in [5.41, 5.74) is 1.76. The van der Waals surface area contributed by atoms with Gasteiger partial charge in [0, 0.05) is 18.2 Å². The van der Waals surface area contributed by atoms with Crippen LogP contribution >= 0.6 is 0 Å². The SMILES string of the molecule is COc1cc(-n2cnc(N3C4=NC=NCC4CN3c3ccoc3)c2)cc(OC)c1OC. The fraction of sp³-hybridized carbons (Fsp3) is 0.286. The number of nitrogens with zero attached hydrogens (tertiary/aromatic N) is 6. The average molecular weight is 422 g/mol. The van der Waals surface area contributed by atoms with Gasteiger partial charge in [0.05, 0.1) is 64.2 Å². The van der Waals surface area contributed by atoms with Gasteiger partial charge >= 0.3 is 0 Å². The Morgan fingerprint density at radius 1 is 1.06 bits per heavy atom. The number of imidazole rings is 1. The van der Waals surface area contributed by atoms with Gasteiger partial charge in [-0.2, -0.15) is 0 Å². The van der Waals surface area contributed by atoms with E-state index in [1.54, 1.807) is 46.5 Å². The highest BCUT2D eigenvalue weighted by molar-refractivity contribution is 6.07. The number of aliphatic imine (C=N–C) groups is 2. The average Bonchev–Trinajstić information content (AvgIpc) is 3.56. The number of aromatic nitrogens is 2. The first-order chi connectivity index (χ1) is 15.2. The van der Waals surface area contributed by atoms with Crippen LogP contribution in [-0.2, 0) is 0 Å². The largest absolute Gasteiger partial charge is 0.493 e. The van der Waals surface area contributed by atoms with Gasteiger partial charge in [-0.05, 0) is 0 Å². The molecule has 3 aromatic rings. The number of furan rings is 1. The Hall–Kier alpha value is -3.95. The molecule has 1 atom stereocenters. The molecule has 0 amide bonds. The summed E-state index contributed by atoms with van der Waals surface area (Å²) in [6.07, 6.45) is 8.65. The minimum atomic E-state index is 0.186. The molecule has 2 aliphatic rings. The minimum Gasteiger partial charge on any atom is -0.493 e. The number of ether oxygens (including phenoxy) is 3. The van der Waals surface area contributed by atoms with Crippen molar-refractivity contribution in [3.05, 3.63) is 43.2 Å². The third kappa shape index (κ3) is 3.16. The van der Waals surface area contributed by atoms with E-state index < -0.39 is 0 Å². The van der Waals surface area contributed by atoms with Crippen molar-refractivity contribution in [1.29, 1.82) is 0 Å². The summed E-state index contributed by atoms with van der Waals surface area (Å²) < 4.78 is 23.6. The molecular weight excluding hydrogens is 400 g/mol. The fourth-order valence-corrected chi connectivity index (χ4v) is 3.89. The van der Waals surface area contributed by atoms with Crippen molar-refractivity contribution in [3.63, 3.8) is 0 Å². The van der Waals surface area contributed by atoms with E-state index in [1.165, 1.54) is 0 Å². The van der Waals surface area contributed by atoms with Crippen LogP contribution in [0.25, 0.3) is 5.69 Å². The second-order valence-electron chi connectivity index (χ2n) is 7.06. The molecule has 4 heterocycles. The van der Waals surface area contributed by atoms with Crippen LogP contribution in [-0.4, -0.2) is 56.1 Å².